The highest BCUT2D eigenvalue weighted by Crippen LogP contribution is 2.33. The van der Waals surface area contributed by atoms with Gasteiger partial charge in [0.05, 0.1) is 12.7 Å². The van der Waals surface area contributed by atoms with E-state index in [0.717, 1.165) is 10.8 Å². The Kier molecular flexibility index (Phi) is 2.49. The molecular weight excluding hydrogens is 200 g/mol. The molecule has 0 aromatic carbocycles. The minimum Gasteiger partial charge on any atom is -0.465 e. The van der Waals surface area contributed by atoms with Crippen molar-refractivity contribution < 1.29 is 9.53 Å². The van der Waals surface area contributed by atoms with E-state index < -0.39 is 0 Å². The van der Waals surface area contributed by atoms with Crippen LogP contribution in [0.5, 0.6) is 0 Å². The summed E-state index contributed by atoms with van der Waals surface area (Å²) in [4.78, 5) is 19.6. The normalized spacial score (nSPS) is 13.5. The number of rotatable bonds is 1. The van der Waals surface area contributed by atoms with Gasteiger partial charge in [-0.3, -0.25) is 4.99 Å². The fourth-order valence-electron chi connectivity index (χ4n) is 1.18. The third-order valence-electron chi connectivity index (χ3n) is 1.81. The molecule has 0 aliphatic carbocycles. The van der Waals surface area contributed by atoms with Crippen molar-refractivity contribution in [1.82, 2.24) is 4.98 Å². The number of ether oxygens (including phenoxy) is 1. The fraction of sp³-hybridized carbons (Fsp3) is 0.222. The van der Waals surface area contributed by atoms with Crippen molar-refractivity contribution in [2.24, 2.45) is 4.99 Å². The largest absolute Gasteiger partial charge is 0.465 e. The lowest BCUT2D eigenvalue weighted by Gasteiger charge is -2.10. The zero-order valence-corrected chi connectivity index (χ0v) is 8.37. The summed E-state index contributed by atoms with van der Waals surface area (Å²) in [7, 11) is 1.36. The number of fused-ring (bicyclic) bond motifs is 1. The monoisotopic (exact) mass is 208 g/mol. The molecule has 2 heterocycles. The number of aliphatic imine (C=N–C) groups is 1. The van der Waals surface area contributed by atoms with Crippen LogP contribution in [0.25, 0.3) is 0 Å². The third kappa shape index (κ3) is 1.50. The minimum absolute atomic E-state index is 0.372. The molecule has 0 saturated heterocycles. The molecule has 0 N–H and O–H groups in total. The second-order valence-corrected chi connectivity index (χ2v) is 3.64. The summed E-state index contributed by atoms with van der Waals surface area (Å²) < 4.78 is 4.65. The van der Waals surface area contributed by atoms with Crippen molar-refractivity contribution in [3.63, 3.8) is 0 Å². The number of methoxy groups -OCH3 is 1. The fourth-order valence-corrected chi connectivity index (χ4v) is 1.93. The molecular formula is C9H8N2O2S. The Morgan fingerprint density at radius 1 is 1.64 bits per heavy atom. The number of hydrogen-bond donors (Lipinski definition) is 0. The topological polar surface area (TPSA) is 51.5 Å². The van der Waals surface area contributed by atoms with Gasteiger partial charge in [-0.2, -0.15) is 0 Å². The number of nitrogens with zero attached hydrogens (tertiary/aromatic N) is 2. The van der Waals surface area contributed by atoms with Gasteiger partial charge in [0.25, 0.3) is 0 Å². The average molecular weight is 208 g/mol. The van der Waals surface area contributed by atoms with Gasteiger partial charge in [-0.25, -0.2) is 9.78 Å². The van der Waals surface area contributed by atoms with Gasteiger partial charge in [-0.05, 0) is 6.07 Å². The molecule has 4 nitrogen and oxygen atoms in total. The van der Waals surface area contributed by atoms with Crippen molar-refractivity contribution in [3.8, 4) is 0 Å². The predicted octanol–water partition coefficient (Wildman–Crippen LogP) is 1.68. The maximum Gasteiger partial charge on any atom is 0.340 e. The number of aromatic nitrogens is 1. The predicted molar refractivity (Wildman–Crippen MR) is 54.5 cm³/mol. The molecule has 0 bridgehead atoms. The molecule has 14 heavy (non-hydrogen) atoms. The first kappa shape index (κ1) is 9.21. The highest BCUT2D eigenvalue weighted by Gasteiger charge is 2.17. The number of carbonyl (C=O) groups is 1. The summed E-state index contributed by atoms with van der Waals surface area (Å²) in [5, 5.41) is 0.787. The Labute approximate surface area is 85.4 Å². The first-order valence-corrected chi connectivity index (χ1v) is 5.04. The Morgan fingerprint density at radius 3 is 3.29 bits per heavy atom. The van der Waals surface area contributed by atoms with Crippen LogP contribution in [0.2, 0.25) is 0 Å². The lowest BCUT2D eigenvalue weighted by atomic mass is 10.2. The molecule has 72 valence electrons. The van der Waals surface area contributed by atoms with Crippen molar-refractivity contribution in [3.05, 3.63) is 17.8 Å². The van der Waals surface area contributed by atoms with Crippen LogP contribution in [0.15, 0.2) is 22.3 Å². The molecule has 1 aromatic rings. The van der Waals surface area contributed by atoms with Crippen LogP contribution >= 0.6 is 11.8 Å². The smallest absolute Gasteiger partial charge is 0.340 e. The van der Waals surface area contributed by atoms with Gasteiger partial charge in [0.1, 0.15) is 10.7 Å². The number of thioether (sulfide) groups is 1. The van der Waals surface area contributed by atoms with Crippen molar-refractivity contribution in [2.75, 3.05) is 12.9 Å². The zero-order chi connectivity index (χ0) is 9.97. The van der Waals surface area contributed by atoms with Gasteiger partial charge in [0.2, 0.25) is 0 Å². The molecule has 0 amide bonds. The van der Waals surface area contributed by atoms with Crippen molar-refractivity contribution >= 4 is 29.6 Å². The molecule has 0 saturated carbocycles. The average Bonchev–Trinajstić information content (AvgIpc) is 2.27. The second kappa shape index (κ2) is 3.79. The van der Waals surface area contributed by atoms with E-state index in [9.17, 15) is 4.79 Å². The maximum atomic E-state index is 11.4. The molecule has 1 aromatic heterocycles. The number of carbonyl (C=O) groups excluding carboxylic acids is 1. The molecule has 2 rings (SSSR count). The van der Waals surface area contributed by atoms with Crippen molar-refractivity contribution in [2.45, 2.75) is 5.03 Å². The molecule has 1 aliphatic rings. The summed E-state index contributed by atoms with van der Waals surface area (Å²) >= 11 is 1.56. The quantitative estimate of drug-likeness (QED) is 0.659. The Hall–Kier alpha value is -1.36. The zero-order valence-electron chi connectivity index (χ0n) is 7.56. The van der Waals surface area contributed by atoms with Gasteiger partial charge in [0, 0.05) is 18.2 Å². The molecule has 0 fully saturated rings. The summed E-state index contributed by atoms with van der Waals surface area (Å²) in [6.07, 6.45) is 3.36. The van der Waals surface area contributed by atoms with Crippen molar-refractivity contribution in [1.29, 1.82) is 0 Å². The van der Waals surface area contributed by atoms with E-state index in [2.05, 4.69) is 14.7 Å². The Balaban J connectivity index is 2.52. The van der Waals surface area contributed by atoms with E-state index in [4.69, 9.17) is 0 Å². The molecule has 5 heteroatoms. The highest BCUT2D eigenvalue weighted by molar-refractivity contribution is 8.00. The number of hydrogen-bond acceptors (Lipinski definition) is 5. The van der Waals surface area contributed by atoms with E-state index in [1.807, 2.05) is 0 Å². The maximum absolute atomic E-state index is 11.4. The van der Waals surface area contributed by atoms with Gasteiger partial charge in [-0.15, -0.1) is 0 Å². The summed E-state index contributed by atoms with van der Waals surface area (Å²) in [5.74, 6) is 0.424. The lowest BCUT2D eigenvalue weighted by molar-refractivity contribution is 0.0601. The Bertz CT molecular complexity index is 404. The third-order valence-corrected chi connectivity index (χ3v) is 2.70. The second-order valence-electron chi connectivity index (χ2n) is 2.63. The number of pyridine rings is 1. The van der Waals surface area contributed by atoms with Crippen LogP contribution in [0.3, 0.4) is 0 Å². The Morgan fingerprint density at radius 2 is 2.50 bits per heavy atom. The summed E-state index contributed by atoms with van der Waals surface area (Å²) in [6, 6.07) is 1.62. The van der Waals surface area contributed by atoms with Crippen LogP contribution in [0.1, 0.15) is 10.4 Å². The lowest BCUT2D eigenvalue weighted by Crippen LogP contribution is -2.04. The van der Waals surface area contributed by atoms with Crippen LogP contribution in [-0.2, 0) is 4.74 Å². The molecule has 0 radical (unpaired) electrons. The van der Waals surface area contributed by atoms with Gasteiger partial charge in [-0.1, -0.05) is 11.8 Å². The molecule has 0 unspecified atom stereocenters. The minimum atomic E-state index is -0.372. The van der Waals surface area contributed by atoms with Crippen LogP contribution in [0, 0.1) is 0 Å². The van der Waals surface area contributed by atoms with E-state index in [1.165, 1.54) is 7.11 Å². The first-order valence-electron chi connectivity index (χ1n) is 4.05. The number of esters is 1. The molecule has 0 atom stereocenters. The van der Waals surface area contributed by atoms with E-state index >= 15 is 0 Å². The van der Waals surface area contributed by atoms with Gasteiger partial charge >= 0.3 is 5.97 Å². The van der Waals surface area contributed by atoms with E-state index in [-0.39, 0.29) is 5.97 Å². The first-order chi connectivity index (χ1) is 6.83. The SMILES string of the molecule is COC(=O)c1ccnc2c1N=CCS2. The summed E-state index contributed by atoms with van der Waals surface area (Å²) in [6.45, 7) is 0. The highest BCUT2D eigenvalue weighted by atomic mass is 32.2. The summed E-state index contributed by atoms with van der Waals surface area (Å²) in [5.41, 5.74) is 1.09. The van der Waals surface area contributed by atoms with Crippen LogP contribution in [0.4, 0.5) is 5.69 Å². The van der Waals surface area contributed by atoms with Crippen LogP contribution in [-0.4, -0.2) is 30.0 Å². The van der Waals surface area contributed by atoms with E-state index in [1.54, 1.807) is 30.2 Å². The molecule has 1 aliphatic heterocycles. The van der Waals surface area contributed by atoms with E-state index in [0.29, 0.717) is 11.3 Å². The van der Waals surface area contributed by atoms with Crippen LogP contribution < -0.4 is 0 Å². The van der Waals surface area contributed by atoms with Gasteiger partial charge in [0.15, 0.2) is 0 Å². The molecule has 0 spiro atoms. The van der Waals surface area contributed by atoms with Gasteiger partial charge < -0.3 is 4.74 Å². The standard InChI is InChI=1S/C9H8N2O2S/c1-13-9(12)6-2-3-11-8-7(6)10-4-5-14-8/h2-4H,5H2,1H3.